The van der Waals surface area contributed by atoms with Crippen LogP contribution in [0, 0.1) is 0 Å². The van der Waals surface area contributed by atoms with Crippen LogP contribution in [0.25, 0.3) is 10.8 Å². The molecule has 0 saturated heterocycles. The number of nitrogens with two attached hydrogens (primary N) is 1. The predicted octanol–water partition coefficient (Wildman–Crippen LogP) is 0.734. The number of hydrogen-bond donors (Lipinski definition) is 2. The molecule has 0 saturated carbocycles. The molecule has 18 heavy (non-hydrogen) atoms. The molecule has 8 heteroatoms. The van der Waals surface area contributed by atoms with Crippen LogP contribution in [0.4, 0.5) is 0 Å². The number of benzene rings is 2. The van der Waals surface area contributed by atoms with E-state index < -0.39 is 20.1 Å². The molecule has 0 unspecified atom stereocenters. The summed E-state index contributed by atoms with van der Waals surface area (Å²) in [7, 11) is -8.40. The van der Waals surface area contributed by atoms with Crippen molar-refractivity contribution in [2.45, 2.75) is 9.79 Å². The van der Waals surface area contributed by atoms with Gasteiger partial charge in [-0.3, -0.25) is 4.55 Å². The Labute approximate surface area is 104 Å². The number of primary sulfonamides is 1. The van der Waals surface area contributed by atoms with Crippen molar-refractivity contribution in [3.63, 3.8) is 0 Å². The summed E-state index contributed by atoms with van der Waals surface area (Å²) in [6.07, 6.45) is 0. The molecule has 96 valence electrons. The van der Waals surface area contributed by atoms with Crippen molar-refractivity contribution in [3.8, 4) is 0 Å². The molecule has 0 spiro atoms. The van der Waals surface area contributed by atoms with Gasteiger partial charge in [-0.15, -0.1) is 0 Å². The van der Waals surface area contributed by atoms with Gasteiger partial charge in [0.05, 0.1) is 4.90 Å². The molecule has 0 radical (unpaired) electrons. The molecule has 0 atom stereocenters. The Bertz CT molecular complexity index is 753. The van der Waals surface area contributed by atoms with Gasteiger partial charge >= 0.3 is 0 Å². The lowest BCUT2D eigenvalue weighted by Gasteiger charge is -2.07. The van der Waals surface area contributed by atoms with Crippen LogP contribution in [-0.4, -0.2) is 21.4 Å². The first-order valence-corrected chi connectivity index (χ1v) is 7.72. The Balaban J connectivity index is 3.00. The van der Waals surface area contributed by atoms with Crippen LogP contribution in [0.3, 0.4) is 0 Å². The standard InChI is InChI=1S/C10H9NO5S2/c11-17(12,13)9-5-1-4-8-7(9)3-2-6-10(8)18(14,15)16/h1-6H,(H2,11,12,13)(H,14,15,16). The molecule has 2 aromatic rings. The molecule has 2 rings (SSSR count). The van der Waals surface area contributed by atoms with Crippen LogP contribution < -0.4 is 5.14 Å². The monoisotopic (exact) mass is 287 g/mol. The quantitative estimate of drug-likeness (QED) is 0.790. The third-order valence-corrected chi connectivity index (χ3v) is 4.31. The highest BCUT2D eigenvalue weighted by atomic mass is 32.2. The largest absolute Gasteiger partial charge is 0.295 e. The molecule has 0 heterocycles. The molecule has 0 bridgehead atoms. The van der Waals surface area contributed by atoms with E-state index in [1.807, 2.05) is 0 Å². The van der Waals surface area contributed by atoms with Gasteiger partial charge in [-0.2, -0.15) is 8.42 Å². The van der Waals surface area contributed by atoms with E-state index in [9.17, 15) is 16.8 Å². The van der Waals surface area contributed by atoms with Gasteiger partial charge in [-0.25, -0.2) is 13.6 Å². The normalized spacial score (nSPS) is 12.8. The van der Waals surface area contributed by atoms with Gasteiger partial charge in [-0.1, -0.05) is 24.3 Å². The van der Waals surface area contributed by atoms with E-state index in [0.29, 0.717) is 0 Å². The molecule has 2 aromatic carbocycles. The van der Waals surface area contributed by atoms with Crippen molar-refractivity contribution >= 4 is 30.9 Å². The first-order chi connectivity index (χ1) is 8.21. The lowest BCUT2D eigenvalue weighted by atomic mass is 10.1. The Kier molecular flexibility index (Phi) is 2.90. The highest BCUT2D eigenvalue weighted by Gasteiger charge is 2.18. The summed E-state index contributed by atoms with van der Waals surface area (Å²) < 4.78 is 54.2. The van der Waals surface area contributed by atoms with E-state index >= 15 is 0 Å². The second kappa shape index (κ2) is 4.02. The molecular formula is C10H9NO5S2. The zero-order chi connectivity index (χ0) is 13.6. The van der Waals surface area contributed by atoms with E-state index in [1.165, 1.54) is 36.4 Å². The molecule has 0 aliphatic rings. The summed E-state index contributed by atoms with van der Waals surface area (Å²) in [5, 5.41) is 5.29. The fraction of sp³-hybridized carbons (Fsp3) is 0. The van der Waals surface area contributed by atoms with Crippen molar-refractivity contribution in [1.29, 1.82) is 0 Å². The molecule has 3 N–H and O–H groups in total. The first kappa shape index (κ1) is 13.0. The van der Waals surface area contributed by atoms with Gasteiger partial charge in [0.25, 0.3) is 10.1 Å². The zero-order valence-corrected chi connectivity index (χ0v) is 10.6. The van der Waals surface area contributed by atoms with E-state index in [0.717, 1.165) is 0 Å². The highest BCUT2D eigenvalue weighted by molar-refractivity contribution is 7.89. The first-order valence-electron chi connectivity index (χ1n) is 4.73. The lowest BCUT2D eigenvalue weighted by Crippen LogP contribution is -2.12. The van der Waals surface area contributed by atoms with Crippen LogP contribution in [0.2, 0.25) is 0 Å². The summed E-state index contributed by atoms with van der Waals surface area (Å²) in [4.78, 5) is -0.545. The Morgan fingerprint density at radius 2 is 1.28 bits per heavy atom. The van der Waals surface area contributed by atoms with E-state index in [1.54, 1.807) is 0 Å². The van der Waals surface area contributed by atoms with Crippen LogP contribution in [-0.2, 0) is 20.1 Å². The second-order valence-electron chi connectivity index (χ2n) is 3.63. The second-order valence-corrected chi connectivity index (χ2v) is 6.55. The SMILES string of the molecule is NS(=O)(=O)c1cccc2c(S(=O)(=O)O)cccc12. The maximum absolute atomic E-state index is 11.4. The molecular weight excluding hydrogens is 278 g/mol. The zero-order valence-electron chi connectivity index (χ0n) is 8.94. The lowest BCUT2D eigenvalue weighted by molar-refractivity contribution is 0.484. The molecule has 6 nitrogen and oxygen atoms in total. The van der Waals surface area contributed by atoms with Crippen LogP contribution in [0.5, 0.6) is 0 Å². The van der Waals surface area contributed by atoms with Crippen LogP contribution >= 0.6 is 0 Å². The molecule has 0 aromatic heterocycles. The fourth-order valence-corrected chi connectivity index (χ4v) is 3.18. The molecule has 0 aliphatic heterocycles. The van der Waals surface area contributed by atoms with Gasteiger partial charge in [0, 0.05) is 10.8 Å². The topological polar surface area (TPSA) is 115 Å². The molecule has 0 aliphatic carbocycles. The Morgan fingerprint density at radius 3 is 1.72 bits per heavy atom. The summed E-state index contributed by atoms with van der Waals surface area (Å²) in [6, 6.07) is 7.96. The van der Waals surface area contributed by atoms with Crippen molar-refractivity contribution in [2.24, 2.45) is 5.14 Å². The predicted molar refractivity (Wildman–Crippen MR) is 65.1 cm³/mol. The molecule has 0 amide bonds. The summed E-state index contributed by atoms with van der Waals surface area (Å²) in [6.45, 7) is 0. The highest BCUT2D eigenvalue weighted by Crippen LogP contribution is 2.27. The van der Waals surface area contributed by atoms with Gasteiger partial charge in [-0.05, 0) is 12.1 Å². The third-order valence-electron chi connectivity index (χ3n) is 2.43. The van der Waals surface area contributed by atoms with E-state index in [4.69, 9.17) is 9.69 Å². The summed E-state index contributed by atoms with van der Waals surface area (Å²) in [5.74, 6) is 0. The van der Waals surface area contributed by atoms with E-state index in [-0.39, 0.29) is 20.6 Å². The third kappa shape index (κ3) is 2.23. The van der Waals surface area contributed by atoms with Crippen molar-refractivity contribution in [1.82, 2.24) is 0 Å². The van der Waals surface area contributed by atoms with Gasteiger partial charge < -0.3 is 0 Å². The van der Waals surface area contributed by atoms with Gasteiger partial charge in [0.2, 0.25) is 10.0 Å². The van der Waals surface area contributed by atoms with Crippen molar-refractivity contribution in [3.05, 3.63) is 36.4 Å². The van der Waals surface area contributed by atoms with Crippen LogP contribution in [0.15, 0.2) is 46.2 Å². The van der Waals surface area contributed by atoms with Crippen LogP contribution in [0.1, 0.15) is 0 Å². The minimum atomic E-state index is -4.43. The maximum atomic E-state index is 11.4. The Hall–Kier alpha value is -1.48. The molecule has 0 fully saturated rings. The summed E-state index contributed by atoms with van der Waals surface area (Å²) >= 11 is 0. The average molecular weight is 287 g/mol. The minimum Gasteiger partial charge on any atom is -0.282 e. The van der Waals surface area contributed by atoms with Crippen molar-refractivity contribution < 1.29 is 21.4 Å². The fourth-order valence-electron chi connectivity index (χ4n) is 1.73. The van der Waals surface area contributed by atoms with Crippen molar-refractivity contribution in [2.75, 3.05) is 0 Å². The minimum absolute atomic E-state index is 0.103. The van der Waals surface area contributed by atoms with E-state index in [2.05, 4.69) is 0 Å². The number of hydrogen-bond acceptors (Lipinski definition) is 4. The van der Waals surface area contributed by atoms with Gasteiger partial charge in [0.15, 0.2) is 0 Å². The smallest absolute Gasteiger partial charge is 0.282 e. The number of fused-ring (bicyclic) bond motifs is 1. The average Bonchev–Trinajstić information content (AvgIpc) is 2.24. The maximum Gasteiger partial charge on any atom is 0.295 e. The Morgan fingerprint density at radius 1 is 0.833 bits per heavy atom. The summed E-state index contributed by atoms with van der Waals surface area (Å²) in [5.41, 5.74) is 0. The van der Waals surface area contributed by atoms with Gasteiger partial charge in [0.1, 0.15) is 4.90 Å². The number of sulfonamides is 1. The number of rotatable bonds is 2.